The number of hydrogen-bond donors (Lipinski definition) is 1. The number of amidine groups is 1. The van der Waals surface area contributed by atoms with Crippen molar-refractivity contribution in [2.24, 2.45) is 4.99 Å². The molecule has 0 amide bonds. The van der Waals surface area contributed by atoms with Crippen molar-refractivity contribution >= 4 is 50.5 Å². The van der Waals surface area contributed by atoms with Crippen molar-refractivity contribution in [1.82, 2.24) is 4.72 Å². The van der Waals surface area contributed by atoms with Gasteiger partial charge < -0.3 is 4.72 Å². The number of hydrogen-bond acceptors (Lipinski definition) is 4. The molecule has 0 spiro atoms. The summed E-state index contributed by atoms with van der Waals surface area (Å²) in [6, 6.07) is 6.23. The largest absolute Gasteiger partial charge is 0.305 e. The Hall–Kier alpha value is -0.130. The van der Waals surface area contributed by atoms with Gasteiger partial charge in [-0.1, -0.05) is 40.5 Å². The van der Waals surface area contributed by atoms with Crippen LogP contribution < -0.4 is 4.72 Å². The summed E-state index contributed by atoms with van der Waals surface area (Å²) in [6.07, 6.45) is 5.42. The van der Waals surface area contributed by atoms with Gasteiger partial charge in [0.1, 0.15) is 0 Å². The van der Waals surface area contributed by atoms with E-state index in [1.165, 1.54) is 30.6 Å². The molecular formula is C12H13BrN2S2. The van der Waals surface area contributed by atoms with Crippen molar-refractivity contribution < 1.29 is 0 Å². The summed E-state index contributed by atoms with van der Waals surface area (Å²) >= 11 is 7.06. The van der Waals surface area contributed by atoms with Gasteiger partial charge in [0.05, 0.1) is 10.6 Å². The number of benzene rings is 1. The molecule has 5 heteroatoms. The van der Waals surface area contributed by atoms with Crippen LogP contribution >= 0.6 is 39.6 Å². The van der Waals surface area contributed by atoms with Gasteiger partial charge in [-0.15, -0.1) is 0 Å². The molecule has 0 radical (unpaired) electrons. The Morgan fingerprint density at radius 2 is 2.18 bits per heavy atom. The van der Waals surface area contributed by atoms with Gasteiger partial charge in [0.2, 0.25) is 0 Å². The van der Waals surface area contributed by atoms with Crippen LogP contribution in [0.3, 0.4) is 0 Å². The molecule has 1 N–H and O–H groups in total. The van der Waals surface area contributed by atoms with E-state index >= 15 is 0 Å². The molecular weight excluding hydrogens is 316 g/mol. The fraction of sp³-hybridized carbons (Fsp3) is 0.417. The fourth-order valence-electron chi connectivity index (χ4n) is 2.11. The minimum absolute atomic E-state index is 0.760. The summed E-state index contributed by atoms with van der Waals surface area (Å²) in [7, 11) is 0. The molecule has 1 fully saturated rings. The number of halogens is 1. The second kappa shape index (κ2) is 5.24. The van der Waals surface area contributed by atoms with E-state index in [2.05, 4.69) is 43.8 Å². The molecule has 1 heterocycles. The Labute approximate surface area is 118 Å². The SMILES string of the molecule is Brc1ccc2c(c1)N=C(SC1CCCC1)NS2. The van der Waals surface area contributed by atoms with Crippen LogP contribution in [-0.4, -0.2) is 10.4 Å². The van der Waals surface area contributed by atoms with Crippen LogP contribution in [0, 0.1) is 0 Å². The van der Waals surface area contributed by atoms with Crippen LogP contribution in [-0.2, 0) is 0 Å². The summed E-state index contributed by atoms with van der Waals surface area (Å²) in [5, 5.41) is 1.82. The number of rotatable bonds is 1. The number of fused-ring (bicyclic) bond motifs is 1. The zero-order valence-electron chi connectivity index (χ0n) is 9.28. The van der Waals surface area contributed by atoms with Crippen LogP contribution in [0.15, 0.2) is 32.6 Å². The average Bonchev–Trinajstić information content (AvgIpc) is 2.81. The molecule has 1 saturated carbocycles. The highest BCUT2D eigenvalue weighted by molar-refractivity contribution is 9.10. The van der Waals surface area contributed by atoms with Gasteiger partial charge in [-0.3, -0.25) is 0 Å². The van der Waals surface area contributed by atoms with Gasteiger partial charge in [-0.2, -0.15) is 0 Å². The monoisotopic (exact) mass is 328 g/mol. The Kier molecular flexibility index (Phi) is 3.68. The van der Waals surface area contributed by atoms with Crippen LogP contribution in [0.25, 0.3) is 0 Å². The van der Waals surface area contributed by atoms with E-state index in [1.807, 2.05) is 11.8 Å². The summed E-state index contributed by atoms with van der Waals surface area (Å²) in [5.41, 5.74) is 1.07. The lowest BCUT2D eigenvalue weighted by Crippen LogP contribution is -2.17. The lowest BCUT2D eigenvalue weighted by Gasteiger charge is -2.18. The molecule has 3 rings (SSSR count). The predicted molar refractivity (Wildman–Crippen MR) is 80.1 cm³/mol. The smallest absolute Gasteiger partial charge is 0.172 e. The molecule has 90 valence electrons. The van der Waals surface area contributed by atoms with E-state index in [-0.39, 0.29) is 0 Å². The molecule has 0 unspecified atom stereocenters. The first kappa shape index (κ1) is 11.9. The molecule has 0 atom stereocenters. The van der Waals surface area contributed by atoms with Crippen LogP contribution in [0.1, 0.15) is 25.7 Å². The normalized spacial score (nSPS) is 19.7. The van der Waals surface area contributed by atoms with Crippen molar-refractivity contribution in [2.75, 3.05) is 0 Å². The maximum atomic E-state index is 4.69. The molecule has 0 bridgehead atoms. The summed E-state index contributed by atoms with van der Waals surface area (Å²) < 4.78 is 4.43. The Bertz CT molecular complexity index is 456. The van der Waals surface area contributed by atoms with Crippen LogP contribution in [0.5, 0.6) is 0 Å². The van der Waals surface area contributed by atoms with Gasteiger partial charge in [0.25, 0.3) is 0 Å². The average molecular weight is 329 g/mol. The third kappa shape index (κ3) is 2.83. The minimum atomic E-state index is 0.760. The first-order valence-electron chi connectivity index (χ1n) is 5.79. The first-order chi connectivity index (χ1) is 8.31. The second-order valence-electron chi connectivity index (χ2n) is 4.26. The number of nitrogens with zero attached hydrogens (tertiary/aromatic N) is 1. The fourth-order valence-corrected chi connectivity index (χ4v) is 4.40. The molecule has 2 nitrogen and oxygen atoms in total. The van der Waals surface area contributed by atoms with E-state index in [0.29, 0.717) is 0 Å². The van der Waals surface area contributed by atoms with Gasteiger partial charge in [-0.25, -0.2) is 4.99 Å². The van der Waals surface area contributed by atoms with E-state index in [9.17, 15) is 0 Å². The minimum Gasteiger partial charge on any atom is -0.305 e. The molecule has 1 aliphatic carbocycles. The van der Waals surface area contributed by atoms with Gasteiger partial charge in [-0.05, 0) is 43.0 Å². The maximum absolute atomic E-state index is 4.69. The van der Waals surface area contributed by atoms with Crippen molar-refractivity contribution in [1.29, 1.82) is 0 Å². The van der Waals surface area contributed by atoms with Crippen LogP contribution in [0.2, 0.25) is 0 Å². The van der Waals surface area contributed by atoms with E-state index in [0.717, 1.165) is 20.6 Å². The summed E-state index contributed by atoms with van der Waals surface area (Å²) in [4.78, 5) is 5.89. The topological polar surface area (TPSA) is 24.4 Å². The highest BCUT2D eigenvalue weighted by Crippen LogP contribution is 2.37. The van der Waals surface area contributed by atoms with Gasteiger partial charge in [0, 0.05) is 9.72 Å². The zero-order chi connectivity index (χ0) is 11.7. The zero-order valence-corrected chi connectivity index (χ0v) is 12.5. The Morgan fingerprint density at radius 1 is 1.35 bits per heavy atom. The molecule has 0 saturated heterocycles. The molecule has 0 aromatic heterocycles. The van der Waals surface area contributed by atoms with Crippen molar-refractivity contribution in [2.45, 2.75) is 35.8 Å². The van der Waals surface area contributed by atoms with Crippen molar-refractivity contribution in [3.63, 3.8) is 0 Å². The predicted octanol–water partition coefficient (Wildman–Crippen LogP) is 4.72. The van der Waals surface area contributed by atoms with Crippen molar-refractivity contribution in [3.8, 4) is 0 Å². The van der Waals surface area contributed by atoms with E-state index in [4.69, 9.17) is 0 Å². The first-order valence-corrected chi connectivity index (χ1v) is 8.28. The lowest BCUT2D eigenvalue weighted by molar-refractivity contribution is 0.886. The number of nitrogens with one attached hydrogen (secondary N) is 1. The molecule has 1 aromatic carbocycles. The second-order valence-corrected chi connectivity index (χ2v) is 7.31. The Morgan fingerprint density at radius 3 is 3.00 bits per heavy atom. The summed E-state index contributed by atoms with van der Waals surface area (Å²) in [5.74, 6) is 0. The number of aliphatic imine (C=N–C) groups is 1. The lowest BCUT2D eigenvalue weighted by atomic mass is 10.3. The number of thioether (sulfide) groups is 1. The van der Waals surface area contributed by atoms with E-state index < -0.39 is 0 Å². The third-order valence-corrected chi connectivity index (χ3v) is 5.68. The molecule has 17 heavy (non-hydrogen) atoms. The standard InChI is InChI=1S/C12H13BrN2S2/c13-8-5-6-11-10(7-8)14-12(15-17-11)16-9-3-1-2-4-9/h5-7,9H,1-4H2,(H,14,15). The Balaban J connectivity index is 1.78. The highest BCUT2D eigenvalue weighted by atomic mass is 79.9. The summed E-state index contributed by atoms with van der Waals surface area (Å²) in [6.45, 7) is 0. The van der Waals surface area contributed by atoms with Crippen LogP contribution in [0.4, 0.5) is 5.69 Å². The van der Waals surface area contributed by atoms with E-state index in [1.54, 1.807) is 11.9 Å². The third-order valence-electron chi connectivity index (χ3n) is 2.97. The van der Waals surface area contributed by atoms with Gasteiger partial charge in [0.15, 0.2) is 5.17 Å². The quantitative estimate of drug-likeness (QED) is 0.754. The highest BCUT2D eigenvalue weighted by Gasteiger charge is 2.20. The van der Waals surface area contributed by atoms with Crippen molar-refractivity contribution in [3.05, 3.63) is 22.7 Å². The molecule has 2 aliphatic rings. The molecule has 1 aliphatic heterocycles. The van der Waals surface area contributed by atoms with Gasteiger partial charge >= 0.3 is 0 Å². The maximum Gasteiger partial charge on any atom is 0.172 e. The molecule has 1 aromatic rings.